The molecule has 20 heavy (non-hydrogen) atoms. The molecule has 1 fully saturated rings. The van der Waals surface area contributed by atoms with Gasteiger partial charge < -0.3 is 25.8 Å². The maximum atomic E-state index is 9.80. The number of nitrogens with two attached hydrogens (primary N) is 1. The Morgan fingerprint density at radius 1 is 1.40 bits per heavy atom. The van der Waals surface area contributed by atoms with E-state index in [4.69, 9.17) is 10.5 Å². The molecular formula is C15H21N3O2. The van der Waals surface area contributed by atoms with Crippen LogP contribution in [-0.2, 0) is 0 Å². The highest BCUT2D eigenvalue weighted by molar-refractivity contribution is 5.73. The van der Waals surface area contributed by atoms with E-state index >= 15 is 0 Å². The number of hydrogen-bond donors (Lipinski definition) is 3. The molecule has 1 saturated heterocycles. The van der Waals surface area contributed by atoms with E-state index in [-0.39, 0.29) is 0 Å². The molecule has 0 aromatic heterocycles. The summed E-state index contributed by atoms with van der Waals surface area (Å²) in [4.78, 5) is 2.31. The monoisotopic (exact) mass is 275 g/mol. The maximum Gasteiger partial charge on any atom is 0.163 e. The third-order valence-electron chi connectivity index (χ3n) is 3.82. The smallest absolute Gasteiger partial charge is 0.163 e. The Balaban J connectivity index is 1.97. The summed E-state index contributed by atoms with van der Waals surface area (Å²) in [5.74, 6) is 0.828. The van der Waals surface area contributed by atoms with Crippen LogP contribution in [0.4, 0.5) is 5.69 Å². The van der Waals surface area contributed by atoms with Gasteiger partial charge in [0, 0.05) is 31.7 Å². The normalized spacial score (nSPS) is 23.6. The average Bonchev–Trinajstić information content (AvgIpc) is 2.46. The summed E-state index contributed by atoms with van der Waals surface area (Å²) < 4.78 is 5.98. The van der Waals surface area contributed by atoms with Crippen molar-refractivity contribution in [3.63, 3.8) is 0 Å². The topological polar surface area (TPSA) is 70.8 Å². The SMILES string of the molecule is CC(O)[C@H]1Oc2c(cccc2N2CCNCC2)C=C1N. The predicted molar refractivity (Wildman–Crippen MR) is 79.8 cm³/mol. The zero-order chi connectivity index (χ0) is 14.1. The number of para-hydroxylation sites is 1. The molecule has 0 radical (unpaired) electrons. The average molecular weight is 275 g/mol. The van der Waals surface area contributed by atoms with Gasteiger partial charge in [-0.05, 0) is 19.1 Å². The van der Waals surface area contributed by atoms with Gasteiger partial charge in [0.25, 0.3) is 0 Å². The fraction of sp³-hybridized carbons (Fsp3) is 0.467. The van der Waals surface area contributed by atoms with Gasteiger partial charge in [-0.25, -0.2) is 0 Å². The Bertz CT molecular complexity index is 522. The molecule has 0 bridgehead atoms. The molecule has 2 atom stereocenters. The minimum atomic E-state index is -0.629. The minimum absolute atomic E-state index is 0.466. The van der Waals surface area contributed by atoms with Crippen molar-refractivity contribution >= 4 is 11.8 Å². The van der Waals surface area contributed by atoms with E-state index in [0.29, 0.717) is 5.70 Å². The van der Waals surface area contributed by atoms with E-state index in [0.717, 1.165) is 43.2 Å². The van der Waals surface area contributed by atoms with Gasteiger partial charge in [0.15, 0.2) is 11.9 Å². The Labute approximate surface area is 119 Å². The number of piperazine rings is 1. The molecule has 4 N–H and O–H groups in total. The summed E-state index contributed by atoms with van der Waals surface area (Å²) in [6, 6.07) is 6.08. The largest absolute Gasteiger partial charge is 0.479 e. The number of rotatable bonds is 2. The predicted octanol–water partition coefficient (Wildman–Crippen LogP) is 0.538. The molecule has 1 aromatic carbocycles. The molecular weight excluding hydrogens is 254 g/mol. The van der Waals surface area contributed by atoms with Crippen LogP contribution in [0.3, 0.4) is 0 Å². The number of nitrogens with zero attached hydrogens (tertiary/aromatic N) is 1. The minimum Gasteiger partial charge on any atom is -0.479 e. The zero-order valence-corrected chi connectivity index (χ0v) is 11.7. The van der Waals surface area contributed by atoms with E-state index in [1.807, 2.05) is 18.2 Å². The van der Waals surface area contributed by atoms with Crippen molar-refractivity contribution in [2.45, 2.75) is 19.1 Å². The van der Waals surface area contributed by atoms with Crippen LogP contribution in [0.15, 0.2) is 23.9 Å². The van der Waals surface area contributed by atoms with Gasteiger partial charge in [-0.15, -0.1) is 0 Å². The molecule has 0 saturated carbocycles. The maximum absolute atomic E-state index is 9.80. The van der Waals surface area contributed by atoms with Crippen molar-refractivity contribution in [1.82, 2.24) is 5.32 Å². The van der Waals surface area contributed by atoms with Crippen LogP contribution in [0.5, 0.6) is 5.75 Å². The van der Waals surface area contributed by atoms with Crippen molar-refractivity contribution < 1.29 is 9.84 Å². The number of anilines is 1. The van der Waals surface area contributed by atoms with E-state index in [1.165, 1.54) is 0 Å². The van der Waals surface area contributed by atoms with Gasteiger partial charge in [-0.1, -0.05) is 12.1 Å². The molecule has 2 aliphatic rings. The standard InChI is InChI=1S/C15H21N3O2/c1-10(19)14-12(16)9-11-3-2-4-13(15(11)20-14)18-7-5-17-6-8-18/h2-4,9-10,14,17,19H,5-8,16H2,1H3/t10?,14-/m1/s1. The number of nitrogens with one attached hydrogen (secondary N) is 1. The van der Waals surface area contributed by atoms with Gasteiger partial charge in [-0.3, -0.25) is 0 Å². The van der Waals surface area contributed by atoms with Crippen LogP contribution in [0.1, 0.15) is 12.5 Å². The van der Waals surface area contributed by atoms with Crippen molar-refractivity contribution in [3.8, 4) is 5.75 Å². The molecule has 0 amide bonds. The second kappa shape index (κ2) is 5.34. The van der Waals surface area contributed by atoms with Gasteiger partial charge in [0.05, 0.1) is 17.5 Å². The van der Waals surface area contributed by atoms with Crippen LogP contribution in [0.25, 0.3) is 6.08 Å². The van der Waals surface area contributed by atoms with Crippen molar-refractivity contribution in [2.75, 3.05) is 31.1 Å². The highest BCUT2D eigenvalue weighted by Gasteiger charge is 2.28. The second-order valence-corrected chi connectivity index (χ2v) is 5.36. The zero-order valence-electron chi connectivity index (χ0n) is 11.7. The Hall–Kier alpha value is -1.72. The third kappa shape index (κ3) is 2.34. The van der Waals surface area contributed by atoms with Crippen molar-refractivity contribution in [3.05, 3.63) is 29.5 Å². The van der Waals surface area contributed by atoms with Crippen molar-refractivity contribution in [2.24, 2.45) is 5.73 Å². The molecule has 1 aromatic rings. The first-order valence-electron chi connectivity index (χ1n) is 7.07. The molecule has 5 nitrogen and oxygen atoms in total. The summed E-state index contributed by atoms with van der Waals surface area (Å²) in [7, 11) is 0. The molecule has 0 aliphatic carbocycles. The summed E-state index contributed by atoms with van der Waals surface area (Å²) in [6.07, 6.45) is 0.809. The van der Waals surface area contributed by atoms with E-state index in [2.05, 4.69) is 16.3 Å². The number of hydrogen-bond acceptors (Lipinski definition) is 5. The van der Waals surface area contributed by atoms with Gasteiger partial charge >= 0.3 is 0 Å². The fourth-order valence-electron chi connectivity index (χ4n) is 2.77. The molecule has 2 heterocycles. The van der Waals surface area contributed by atoms with Crippen molar-refractivity contribution in [1.29, 1.82) is 0 Å². The van der Waals surface area contributed by atoms with Gasteiger partial charge in [0.1, 0.15) is 0 Å². The van der Waals surface area contributed by atoms with Crippen LogP contribution in [0, 0.1) is 0 Å². The number of aliphatic hydroxyl groups is 1. The van der Waals surface area contributed by atoms with Crippen LogP contribution < -0.4 is 20.7 Å². The summed E-state index contributed by atoms with van der Waals surface area (Å²) in [5.41, 5.74) is 8.61. The fourth-order valence-corrected chi connectivity index (χ4v) is 2.77. The Morgan fingerprint density at radius 3 is 2.85 bits per heavy atom. The first kappa shape index (κ1) is 13.3. The Morgan fingerprint density at radius 2 is 2.15 bits per heavy atom. The number of aliphatic hydroxyl groups excluding tert-OH is 1. The molecule has 2 aliphatic heterocycles. The summed E-state index contributed by atoms with van der Waals surface area (Å²) >= 11 is 0. The highest BCUT2D eigenvalue weighted by Crippen LogP contribution is 2.38. The van der Waals surface area contributed by atoms with E-state index in [9.17, 15) is 5.11 Å². The van der Waals surface area contributed by atoms with E-state index in [1.54, 1.807) is 6.92 Å². The lowest BCUT2D eigenvalue weighted by Crippen LogP contribution is -2.44. The van der Waals surface area contributed by atoms with Gasteiger partial charge in [0.2, 0.25) is 0 Å². The quantitative estimate of drug-likeness (QED) is 0.735. The number of ether oxygens (including phenoxy) is 1. The molecule has 0 spiro atoms. The lowest BCUT2D eigenvalue weighted by Gasteiger charge is -2.34. The molecule has 108 valence electrons. The van der Waals surface area contributed by atoms with Crippen LogP contribution in [-0.4, -0.2) is 43.5 Å². The summed E-state index contributed by atoms with van der Waals surface area (Å²) in [5, 5.41) is 13.1. The highest BCUT2D eigenvalue weighted by atomic mass is 16.5. The summed E-state index contributed by atoms with van der Waals surface area (Å²) in [6.45, 7) is 5.56. The Kier molecular flexibility index (Phi) is 3.54. The number of benzene rings is 1. The van der Waals surface area contributed by atoms with Crippen LogP contribution in [0.2, 0.25) is 0 Å². The van der Waals surface area contributed by atoms with E-state index < -0.39 is 12.2 Å². The third-order valence-corrected chi connectivity index (χ3v) is 3.82. The lowest BCUT2D eigenvalue weighted by molar-refractivity contribution is 0.0687. The number of fused-ring (bicyclic) bond motifs is 1. The molecule has 3 rings (SSSR count). The first-order valence-corrected chi connectivity index (χ1v) is 7.07. The van der Waals surface area contributed by atoms with Crippen LogP contribution >= 0.6 is 0 Å². The molecule has 5 heteroatoms. The lowest BCUT2D eigenvalue weighted by atomic mass is 10.0. The van der Waals surface area contributed by atoms with Gasteiger partial charge in [-0.2, -0.15) is 0 Å². The molecule has 1 unspecified atom stereocenters. The first-order chi connectivity index (χ1) is 9.66. The second-order valence-electron chi connectivity index (χ2n) is 5.36.